The summed E-state index contributed by atoms with van der Waals surface area (Å²) in [6.45, 7) is 5.04. The van der Waals surface area contributed by atoms with E-state index in [1.807, 2.05) is 0 Å². The molecule has 7 nitrogen and oxygen atoms in total. The first kappa shape index (κ1) is 18.4. The van der Waals surface area contributed by atoms with Gasteiger partial charge in [0.1, 0.15) is 17.5 Å². The number of alkyl carbamates (subject to hydrolysis) is 1. The smallest absolute Gasteiger partial charge is 0.408 e. The molecule has 1 aromatic heterocycles. The van der Waals surface area contributed by atoms with Crippen LogP contribution < -0.4 is 16.6 Å². The van der Waals surface area contributed by atoms with Crippen molar-refractivity contribution in [3.05, 3.63) is 46.0 Å². The number of H-pyrrole nitrogens is 1. The van der Waals surface area contributed by atoms with Crippen LogP contribution >= 0.6 is 0 Å². The van der Waals surface area contributed by atoms with Gasteiger partial charge >= 0.3 is 6.09 Å². The molecule has 0 bridgehead atoms. The number of nitrogens with two attached hydrogens (primary N) is 1. The van der Waals surface area contributed by atoms with Crippen LogP contribution in [-0.4, -0.2) is 28.6 Å². The topological polar surface area (TPSA) is 114 Å². The molecule has 1 unspecified atom stereocenters. The number of aromatic amines is 1. The molecule has 1 aromatic carbocycles. The molecular formula is C17H20FN3O4. The van der Waals surface area contributed by atoms with Gasteiger partial charge in [-0.15, -0.1) is 0 Å². The first-order valence-electron chi connectivity index (χ1n) is 7.65. The molecule has 2 aromatic rings. The zero-order valence-electron chi connectivity index (χ0n) is 14.2. The molecule has 2 rings (SSSR count). The number of rotatable bonds is 4. The highest BCUT2D eigenvalue weighted by molar-refractivity contribution is 5.85. The van der Waals surface area contributed by atoms with Crippen molar-refractivity contribution < 1.29 is 18.7 Å². The van der Waals surface area contributed by atoms with E-state index in [-0.39, 0.29) is 12.0 Å². The van der Waals surface area contributed by atoms with Crippen molar-refractivity contribution in [2.24, 2.45) is 5.73 Å². The van der Waals surface area contributed by atoms with Gasteiger partial charge in [0.2, 0.25) is 5.91 Å². The lowest BCUT2D eigenvalue weighted by Crippen LogP contribution is -2.48. The van der Waals surface area contributed by atoms with Crippen LogP contribution in [-0.2, 0) is 16.0 Å². The molecule has 0 aliphatic rings. The molecule has 0 fully saturated rings. The number of carbonyl (C=O) groups is 2. The zero-order valence-corrected chi connectivity index (χ0v) is 14.2. The van der Waals surface area contributed by atoms with Gasteiger partial charge in [-0.1, -0.05) is 0 Å². The molecule has 0 saturated heterocycles. The largest absolute Gasteiger partial charge is 0.444 e. The van der Waals surface area contributed by atoms with Crippen LogP contribution in [0, 0.1) is 5.82 Å². The molecular weight excluding hydrogens is 329 g/mol. The maximum absolute atomic E-state index is 13.2. The summed E-state index contributed by atoms with van der Waals surface area (Å²) < 4.78 is 18.3. The van der Waals surface area contributed by atoms with E-state index < -0.39 is 35.0 Å². The fraction of sp³-hybridized carbons (Fsp3) is 0.353. The molecule has 0 spiro atoms. The average molecular weight is 349 g/mol. The Bertz CT molecular complexity index is 870. The Morgan fingerprint density at radius 2 is 2.00 bits per heavy atom. The summed E-state index contributed by atoms with van der Waals surface area (Å²) in [7, 11) is 0. The summed E-state index contributed by atoms with van der Waals surface area (Å²) in [5, 5.41) is 2.95. The summed E-state index contributed by atoms with van der Waals surface area (Å²) >= 11 is 0. The number of hydrogen-bond acceptors (Lipinski definition) is 4. The van der Waals surface area contributed by atoms with Gasteiger partial charge < -0.3 is 20.8 Å². The molecule has 1 atom stereocenters. The third-order valence-electron chi connectivity index (χ3n) is 3.34. The van der Waals surface area contributed by atoms with Crippen molar-refractivity contribution in [3.8, 4) is 0 Å². The van der Waals surface area contributed by atoms with Crippen LogP contribution in [0.1, 0.15) is 26.3 Å². The minimum Gasteiger partial charge on any atom is -0.444 e. The number of pyridine rings is 1. The van der Waals surface area contributed by atoms with E-state index in [0.29, 0.717) is 10.9 Å². The molecule has 0 aliphatic heterocycles. The number of ether oxygens (including phenoxy) is 1. The van der Waals surface area contributed by atoms with E-state index in [1.54, 1.807) is 20.8 Å². The van der Waals surface area contributed by atoms with Crippen molar-refractivity contribution in [1.29, 1.82) is 0 Å². The van der Waals surface area contributed by atoms with Gasteiger partial charge in [-0.2, -0.15) is 0 Å². The van der Waals surface area contributed by atoms with Crippen LogP contribution in [0.5, 0.6) is 0 Å². The predicted octanol–water partition coefficient (Wildman–Crippen LogP) is 1.59. The van der Waals surface area contributed by atoms with E-state index in [1.165, 1.54) is 24.3 Å². The summed E-state index contributed by atoms with van der Waals surface area (Å²) in [4.78, 5) is 38.1. The Labute approximate surface area is 143 Å². The van der Waals surface area contributed by atoms with Gasteiger partial charge in [-0.25, -0.2) is 9.18 Å². The number of nitrogens with one attached hydrogen (secondary N) is 2. The molecule has 0 radical (unpaired) electrons. The Hall–Kier alpha value is -2.90. The Kier molecular flexibility index (Phi) is 5.10. The maximum atomic E-state index is 13.2. The van der Waals surface area contributed by atoms with Crippen molar-refractivity contribution in [2.75, 3.05) is 0 Å². The molecule has 4 N–H and O–H groups in total. The summed E-state index contributed by atoms with van der Waals surface area (Å²) in [6, 6.07) is 4.37. The van der Waals surface area contributed by atoms with Crippen molar-refractivity contribution in [2.45, 2.75) is 38.8 Å². The quantitative estimate of drug-likeness (QED) is 0.777. The second-order valence-electron chi connectivity index (χ2n) is 6.66. The van der Waals surface area contributed by atoms with Gasteiger partial charge in [0, 0.05) is 12.0 Å². The van der Waals surface area contributed by atoms with E-state index >= 15 is 0 Å². The number of primary amides is 1. The zero-order chi connectivity index (χ0) is 18.8. The minimum absolute atomic E-state index is 0.114. The molecule has 134 valence electrons. The highest BCUT2D eigenvalue weighted by Gasteiger charge is 2.24. The molecule has 8 heteroatoms. The van der Waals surface area contributed by atoms with Crippen LogP contribution in [0.15, 0.2) is 29.1 Å². The van der Waals surface area contributed by atoms with Gasteiger partial charge in [0.15, 0.2) is 0 Å². The first-order chi connectivity index (χ1) is 11.5. The summed E-state index contributed by atoms with van der Waals surface area (Å²) in [5.74, 6) is -1.28. The Morgan fingerprint density at radius 1 is 1.32 bits per heavy atom. The van der Waals surface area contributed by atoms with Crippen LogP contribution in [0.25, 0.3) is 10.9 Å². The number of benzene rings is 1. The van der Waals surface area contributed by atoms with Crippen molar-refractivity contribution >= 4 is 22.9 Å². The monoisotopic (exact) mass is 349 g/mol. The third kappa shape index (κ3) is 5.03. The fourth-order valence-corrected chi connectivity index (χ4v) is 2.26. The van der Waals surface area contributed by atoms with Crippen LogP contribution in [0.2, 0.25) is 0 Å². The molecule has 0 aliphatic carbocycles. The van der Waals surface area contributed by atoms with E-state index in [0.717, 1.165) is 0 Å². The first-order valence-corrected chi connectivity index (χ1v) is 7.65. The second-order valence-corrected chi connectivity index (χ2v) is 6.66. The summed E-state index contributed by atoms with van der Waals surface area (Å²) in [5.41, 5.74) is 4.65. The lowest BCUT2D eigenvalue weighted by atomic mass is 10.0. The fourth-order valence-electron chi connectivity index (χ4n) is 2.26. The number of carbonyl (C=O) groups excluding carboxylic acids is 2. The minimum atomic E-state index is -1.12. The normalized spacial score (nSPS) is 12.6. The molecule has 2 amide bonds. The molecule has 0 saturated carbocycles. The van der Waals surface area contributed by atoms with Crippen LogP contribution in [0.3, 0.4) is 0 Å². The molecule has 1 heterocycles. The standard InChI is InChI=1S/C17H20FN3O4/c1-17(2,3)25-16(24)21-13(14(19)22)7-10-6-9-4-5-11(18)8-12(9)20-15(10)23/h4-6,8,13H,7H2,1-3H3,(H2,19,22)(H,20,23)(H,21,24). The van der Waals surface area contributed by atoms with E-state index in [9.17, 15) is 18.8 Å². The van der Waals surface area contributed by atoms with Crippen molar-refractivity contribution in [1.82, 2.24) is 10.3 Å². The lowest BCUT2D eigenvalue weighted by molar-refractivity contribution is -0.120. The highest BCUT2D eigenvalue weighted by atomic mass is 19.1. The van der Waals surface area contributed by atoms with E-state index in [4.69, 9.17) is 10.5 Å². The van der Waals surface area contributed by atoms with Crippen molar-refractivity contribution in [3.63, 3.8) is 0 Å². The molecule has 25 heavy (non-hydrogen) atoms. The summed E-state index contributed by atoms with van der Waals surface area (Å²) in [6.07, 6.45) is -0.924. The number of hydrogen-bond donors (Lipinski definition) is 3. The number of aromatic nitrogens is 1. The number of fused-ring (bicyclic) bond motifs is 1. The van der Waals surface area contributed by atoms with Gasteiger partial charge in [0.05, 0.1) is 5.52 Å². The van der Waals surface area contributed by atoms with E-state index in [2.05, 4.69) is 10.3 Å². The maximum Gasteiger partial charge on any atom is 0.408 e. The SMILES string of the molecule is CC(C)(C)OC(=O)NC(Cc1cc2ccc(F)cc2[nH]c1=O)C(N)=O. The number of halogens is 1. The number of amides is 2. The third-order valence-corrected chi connectivity index (χ3v) is 3.34. The highest BCUT2D eigenvalue weighted by Crippen LogP contribution is 2.14. The van der Waals surface area contributed by atoms with Gasteiger partial charge in [-0.3, -0.25) is 9.59 Å². The Morgan fingerprint density at radius 3 is 2.60 bits per heavy atom. The average Bonchev–Trinajstić information content (AvgIpc) is 2.45. The van der Waals surface area contributed by atoms with Gasteiger partial charge in [-0.05, 0) is 50.4 Å². The lowest BCUT2D eigenvalue weighted by Gasteiger charge is -2.22. The second kappa shape index (κ2) is 6.92. The van der Waals surface area contributed by atoms with Crippen LogP contribution in [0.4, 0.5) is 9.18 Å². The predicted molar refractivity (Wildman–Crippen MR) is 90.6 cm³/mol. The van der Waals surface area contributed by atoms with Gasteiger partial charge in [0.25, 0.3) is 5.56 Å². The Balaban J connectivity index is 2.25.